The molecule has 0 saturated heterocycles. The van der Waals surface area contributed by atoms with Crippen molar-refractivity contribution in [3.05, 3.63) is 0 Å². The highest BCUT2D eigenvalue weighted by Crippen LogP contribution is 2.33. The third kappa shape index (κ3) is 4.87. The van der Waals surface area contributed by atoms with Crippen LogP contribution in [-0.2, 0) is 0 Å². The van der Waals surface area contributed by atoms with Crippen LogP contribution in [0, 0.1) is 11.8 Å². The van der Waals surface area contributed by atoms with Gasteiger partial charge in [-0.1, -0.05) is 6.92 Å². The molecule has 0 aliphatic heterocycles. The Morgan fingerprint density at radius 1 is 1.27 bits per heavy atom. The quantitative estimate of drug-likeness (QED) is 0.777. The molecule has 0 amide bonds. The van der Waals surface area contributed by atoms with Crippen LogP contribution in [0.1, 0.15) is 45.4 Å². The van der Waals surface area contributed by atoms with E-state index in [0.717, 1.165) is 19.3 Å². The molecule has 0 aromatic heterocycles. The average molecular weight is 224 g/mol. The molecule has 3 unspecified atom stereocenters. The molecule has 15 heavy (non-hydrogen) atoms. The van der Waals surface area contributed by atoms with Crippen molar-refractivity contribution in [3.63, 3.8) is 0 Å². The zero-order chi connectivity index (χ0) is 11.5. The maximum atomic E-state index is 11.9. The summed E-state index contributed by atoms with van der Waals surface area (Å²) in [6.45, 7) is 2.10. The van der Waals surface area contributed by atoms with E-state index in [1.165, 1.54) is 0 Å². The number of aliphatic hydroxyl groups is 1. The molecule has 90 valence electrons. The number of halogens is 3. The van der Waals surface area contributed by atoms with Gasteiger partial charge in [0, 0.05) is 6.42 Å². The van der Waals surface area contributed by atoms with Gasteiger partial charge in [0.05, 0.1) is 6.10 Å². The highest BCUT2D eigenvalue weighted by molar-refractivity contribution is 4.78. The first-order valence-corrected chi connectivity index (χ1v) is 5.63. The predicted molar refractivity (Wildman–Crippen MR) is 52.4 cm³/mol. The molecule has 0 bridgehead atoms. The summed E-state index contributed by atoms with van der Waals surface area (Å²) in [6, 6.07) is 0. The minimum atomic E-state index is -4.05. The molecular formula is C11H19F3O. The van der Waals surface area contributed by atoms with E-state index in [0.29, 0.717) is 12.3 Å². The Hall–Kier alpha value is -0.250. The van der Waals surface area contributed by atoms with Crippen LogP contribution in [-0.4, -0.2) is 17.4 Å². The van der Waals surface area contributed by atoms with E-state index >= 15 is 0 Å². The second kappa shape index (κ2) is 5.19. The smallest absolute Gasteiger partial charge is 0.389 e. The van der Waals surface area contributed by atoms with Gasteiger partial charge in [0.15, 0.2) is 0 Å². The normalized spacial score (nSPS) is 33.0. The highest BCUT2D eigenvalue weighted by atomic mass is 19.4. The summed E-state index contributed by atoms with van der Waals surface area (Å²) in [5.41, 5.74) is 0. The molecule has 3 atom stereocenters. The Morgan fingerprint density at radius 2 is 1.93 bits per heavy atom. The summed E-state index contributed by atoms with van der Waals surface area (Å²) in [5.74, 6) is 0.625. The third-order valence-corrected chi connectivity index (χ3v) is 3.24. The van der Waals surface area contributed by atoms with E-state index in [2.05, 4.69) is 6.92 Å². The molecule has 0 radical (unpaired) electrons. The lowest BCUT2D eigenvalue weighted by atomic mass is 9.78. The Kier molecular flexibility index (Phi) is 4.44. The number of hydrogen-bond acceptors (Lipinski definition) is 1. The molecule has 0 heterocycles. The maximum Gasteiger partial charge on any atom is 0.389 e. The largest absolute Gasteiger partial charge is 0.393 e. The standard InChI is InChI=1S/C11H19F3O/c1-8-4-5-10(15)9(7-8)3-2-6-11(12,13)14/h8-10,15H,2-7H2,1H3. The number of aliphatic hydroxyl groups excluding tert-OH is 1. The van der Waals surface area contributed by atoms with Crippen LogP contribution < -0.4 is 0 Å². The van der Waals surface area contributed by atoms with Crippen LogP contribution in [0.2, 0.25) is 0 Å². The predicted octanol–water partition coefficient (Wildman–Crippen LogP) is 3.52. The van der Waals surface area contributed by atoms with Gasteiger partial charge in [0.2, 0.25) is 0 Å². The number of alkyl halides is 3. The van der Waals surface area contributed by atoms with Gasteiger partial charge < -0.3 is 5.11 Å². The van der Waals surface area contributed by atoms with Crippen molar-refractivity contribution < 1.29 is 18.3 Å². The summed E-state index contributed by atoms with van der Waals surface area (Å²) in [7, 11) is 0. The molecule has 1 aliphatic carbocycles. The molecule has 1 aliphatic rings. The topological polar surface area (TPSA) is 20.2 Å². The summed E-state index contributed by atoms with van der Waals surface area (Å²) < 4.78 is 35.8. The van der Waals surface area contributed by atoms with Crippen molar-refractivity contribution >= 4 is 0 Å². The zero-order valence-corrected chi connectivity index (χ0v) is 9.06. The average Bonchev–Trinajstić information content (AvgIpc) is 2.09. The minimum Gasteiger partial charge on any atom is -0.393 e. The van der Waals surface area contributed by atoms with Gasteiger partial charge in [-0.25, -0.2) is 0 Å². The molecule has 0 spiro atoms. The summed E-state index contributed by atoms with van der Waals surface area (Å²) in [4.78, 5) is 0. The summed E-state index contributed by atoms with van der Waals surface area (Å²) in [5, 5.41) is 9.63. The van der Waals surface area contributed by atoms with Crippen LogP contribution in [0.5, 0.6) is 0 Å². The Morgan fingerprint density at radius 3 is 2.53 bits per heavy atom. The highest BCUT2D eigenvalue weighted by Gasteiger charge is 2.30. The molecule has 1 fully saturated rings. The van der Waals surface area contributed by atoms with E-state index in [-0.39, 0.29) is 18.4 Å². The van der Waals surface area contributed by atoms with Crippen molar-refractivity contribution in [2.24, 2.45) is 11.8 Å². The Bertz CT molecular complexity index is 191. The molecular weight excluding hydrogens is 205 g/mol. The molecule has 1 saturated carbocycles. The van der Waals surface area contributed by atoms with E-state index in [1.807, 2.05) is 0 Å². The first-order chi connectivity index (χ1) is 6.88. The van der Waals surface area contributed by atoms with Crippen LogP contribution in [0.15, 0.2) is 0 Å². The number of rotatable bonds is 3. The second-order valence-corrected chi connectivity index (χ2v) is 4.75. The minimum absolute atomic E-state index is 0.0797. The van der Waals surface area contributed by atoms with Gasteiger partial charge in [-0.2, -0.15) is 13.2 Å². The molecule has 4 heteroatoms. The zero-order valence-electron chi connectivity index (χ0n) is 9.06. The van der Waals surface area contributed by atoms with Crippen molar-refractivity contribution in [1.82, 2.24) is 0 Å². The molecule has 1 N–H and O–H groups in total. The fraction of sp³-hybridized carbons (Fsp3) is 1.00. The lowest BCUT2D eigenvalue weighted by Gasteiger charge is -2.31. The maximum absolute atomic E-state index is 11.9. The summed E-state index contributed by atoms with van der Waals surface area (Å²) in [6.07, 6.45) is -1.87. The number of hydrogen-bond donors (Lipinski definition) is 1. The van der Waals surface area contributed by atoms with Crippen molar-refractivity contribution in [1.29, 1.82) is 0 Å². The van der Waals surface area contributed by atoms with Gasteiger partial charge in [-0.15, -0.1) is 0 Å². The van der Waals surface area contributed by atoms with Gasteiger partial charge in [-0.05, 0) is 43.9 Å². The van der Waals surface area contributed by atoms with Crippen molar-refractivity contribution in [3.8, 4) is 0 Å². The SMILES string of the molecule is CC1CCC(O)C(CCCC(F)(F)F)C1. The van der Waals surface area contributed by atoms with Crippen LogP contribution in [0.3, 0.4) is 0 Å². The fourth-order valence-electron chi connectivity index (χ4n) is 2.36. The van der Waals surface area contributed by atoms with Gasteiger partial charge in [0.1, 0.15) is 0 Å². The van der Waals surface area contributed by atoms with Gasteiger partial charge >= 0.3 is 6.18 Å². The molecule has 1 rings (SSSR count). The summed E-state index contributed by atoms with van der Waals surface area (Å²) >= 11 is 0. The lowest BCUT2D eigenvalue weighted by Crippen LogP contribution is -2.28. The third-order valence-electron chi connectivity index (χ3n) is 3.24. The fourth-order valence-corrected chi connectivity index (χ4v) is 2.36. The van der Waals surface area contributed by atoms with E-state index < -0.39 is 12.6 Å². The molecule has 0 aromatic rings. The second-order valence-electron chi connectivity index (χ2n) is 4.75. The molecule has 1 nitrogen and oxygen atoms in total. The van der Waals surface area contributed by atoms with E-state index in [9.17, 15) is 18.3 Å². The van der Waals surface area contributed by atoms with Crippen LogP contribution >= 0.6 is 0 Å². The van der Waals surface area contributed by atoms with Crippen molar-refractivity contribution in [2.75, 3.05) is 0 Å². The van der Waals surface area contributed by atoms with Crippen molar-refractivity contribution in [2.45, 2.75) is 57.7 Å². The lowest BCUT2D eigenvalue weighted by molar-refractivity contribution is -0.136. The van der Waals surface area contributed by atoms with Crippen LogP contribution in [0.4, 0.5) is 13.2 Å². The van der Waals surface area contributed by atoms with E-state index in [1.54, 1.807) is 0 Å². The molecule has 0 aromatic carbocycles. The van der Waals surface area contributed by atoms with Gasteiger partial charge in [-0.3, -0.25) is 0 Å². The van der Waals surface area contributed by atoms with Crippen LogP contribution in [0.25, 0.3) is 0 Å². The van der Waals surface area contributed by atoms with E-state index in [4.69, 9.17) is 0 Å². The first kappa shape index (κ1) is 12.8. The Labute approximate surface area is 88.7 Å². The monoisotopic (exact) mass is 224 g/mol. The van der Waals surface area contributed by atoms with Gasteiger partial charge in [0.25, 0.3) is 0 Å². The Balaban J connectivity index is 2.24. The first-order valence-electron chi connectivity index (χ1n) is 5.63.